The summed E-state index contributed by atoms with van der Waals surface area (Å²) in [6.07, 6.45) is 9.59. The summed E-state index contributed by atoms with van der Waals surface area (Å²) < 4.78 is 33.9. The Bertz CT molecular complexity index is 1060. The van der Waals surface area contributed by atoms with Crippen LogP contribution in [-0.4, -0.2) is 22.8 Å². The van der Waals surface area contributed by atoms with Gasteiger partial charge in [0.15, 0.2) is 11.6 Å². The number of halogens is 2. The molecule has 0 amide bonds. The first kappa shape index (κ1) is 23.4. The van der Waals surface area contributed by atoms with Crippen molar-refractivity contribution in [1.29, 1.82) is 0 Å². The van der Waals surface area contributed by atoms with E-state index in [4.69, 9.17) is 4.74 Å². The van der Waals surface area contributed by atoms with Crippen LogP contribution in [-0.2, 0) is 0 Å². The lowest BCUT2D eigenvalue weighted by Gasteiger charge is -2.10. The molecule has 3 aromatic rings. The van der Waals surface area contributed by atoms with Crippen LogP contribution < -0.4 is 4.74 Å². The molecule has 1 aromatic heterocycles. The van der Waals surface area contributed by atoms with Crippen LogP contribution >= 0.6 is 0 Å². The van der Waals surface area contributed by atoms with Crippen molar-refractivity contribution >= 4 is 6.08 Å². The van der Waals surface area contributed by atoms with Crippen LogP contribution in [0.25, 0.3) is 28.5 Å². The molecule has 3 nitrogen and oxygen atoms in total. The maximum atomic E-state index is 14.5. The maximum absolute atomic E-state index is 14.5. The molecular weight excluding hydrogens is 408 g/mol. The number of aliphatic hydroxyl groups excluding tert-OH is 1. The molecule has 32 heavy (non-hydrogen) atoms. The van der Waals surface area contributed by atoms with E-state index >= 15 is 0 Å². The van der Waals surface area contributed by atoms with Crippen LogP contribution in [0.1, 0.15) is 31.7 Å². The predicted octanol–water partition coefficient (Wildman–Crippen LogP) is 6.82. The van der Waals surface area contributed by atoms with Crippen LogP contribution in [0.5, 0.6) is 5.75 Å². The second kappa shape index (κ2) is 11.3. The minimum absolute atomic E-state index is 0.101. The zero-order chi connectivity index (χ0) is 22.9. The van der Waals surface area contributed by atoms with Crippen molar-refractivity contribution in [2.75, 3.05) is 6.61 Å². The molecule has 5 heteroatoms. The second-order valence-corrected chi connectivity index (χ2v) is 7.58. The third-order valence-corrected chi connectivity index (χ3v) is 4.99. The number of nitrogens with zero attached hydrogens (tertiary/aromatic N) is 1. The Morgan fingerprint density at radius 2 is 1.78 bits per heavy atom. The van der Waals surface area contributed by atoms with Crippen LogP contribution in [0, 0.1) is 11.6 Å². The van der Waals surface area contributed by atoms with Gasteiger partial charge in [0, 0.05) is 22.9 Å². The van der Waals surface area contributed by atoms with Gasteiger partial charge in [0.25, 0.3) is 0 Å². The first-order valence-corrected chi connectivity index (χ1v) is 10.6. The standard InChI is InChI=1S/C27H27F2NO2/c1-3-17-32-25-16-14-23(26(28)27(25)29)22-13-15-24(30-18-22)21-11-9-20(10-12-21)8-6-4-5-7-19(2)31/h3,6,8-16,18-19,31H,1,4-5,7,17H2,2H3. The number of rotatable bonds is 10. The van der Waals surface area contributed by atoms with Crippen LogP contribution in [0.4, 0.5) is 8.78 Å². The third-order valence-electron chi connectivity index (χ3n) is 4.99. The summed E-state index contributed by atoms with van der Waals surface area (Å²) in [5, 5.41) is 9.28. The smallest absolute Gasteiger partial charge is 0.201 e. The van der Waals surface area contributed by atoms with Gasteiger partial charge in [-0.1, -0.05) is 55.1 Å². The normalized spacial score (nSPS) is 12.1. The molecule has 2 aromatic carbocycles. The Kier molecular flexibility index (Phi) is 8.28. The largest absolute Gasteiger partial charge is 0.486 e. The minimum Gasteiger partial charge on any atom is -0.486 e. The van der Waals surface area contributed by atoms with E-state index in [1.54, 1.807) is 19.1 Å². The summed E-state index contributed by atoms with van der Waals surface area (Å²) >= 11 is 0. The number of unbranched alkanes of at least 4 members (excludes halogenated alkanes) is 1. The van der Waals surface area contributed by atoms with E-state index in [1.165, 1.54) is 24.4 Å². The van der Waals surface area contributed by atoms with Crippen LogP contribution in [0.15, 0.2) is 73.5 Å². The lowest BCUT2D eigenvalue weighted by molar-refractivity contribution is 0.182. The molecular formula is C27H27F2NO2. The average Bonchev–Trinajstić information content (AvgIpc) is 2.80. The Morgan fingerprint density at radius 3 is 2.44 bits per heavy atom. The fourth-order valence-electron chi connectivity index (χ4n) is 3.25. The van der Waals surface area contributed by atoms with Gasteiger partial charge in [0.1, 0.15) is 6.61 Å². The number of ether oxygens (including phenoxy) is 1. The quantitative estimate of drug-likeness (QED) is 0.281. The molecule has 0 aliphatic rings. The SMILES string of the molecule is C=CCOc1ccc(-c2ccc(-c3ccc(C=CCCCC(C)O)cc3)nc2)c(F)c1F. The second-order valence-electron chi connectivity index (χ2n) is 7.58. The number of hydrogen-bond acceptors (Lipinski definition) is 3. The summed E-state index contributed by atoms with van der Waals surface area (Å²) in [5.74, 6) is -2.14. The molecule has 166 valence electrons. The number of allylic oxidation sites excluding steroid dienone is 1. The lowest BCUT2D eigenvalue weighted by atomic mass is 10.0. The van der Waals surface area contributed by atoms with Crippen LogP contribution in [0.3, 0.4) is 0 Å². The molecule has 3 rings (SSSR count). The number of aromatic nitrogens is 1. The topological polar surface area (TPSA) is 42.4 Å². The molecule has 0 spiro atoms. The fraction of sp³-hybridized carbons (Fsp3) is 0.222. The molecule has 0 saturated heterocycles. The first-order valence-electron chi connectivity index (χ1n) is 10.6. The van der Waals surface area contributed by atoms with Gasteiger partial charge >= 0.3 is 0 Å². The van der Waals surface area contributed by atoms with Crippen molar-refractivity contribution < 1.29 is 18.6 Å². The number of aliphatic hydroxyl groups is 1. The molecule has 1 heterocycles. The maximum Gasteiger partial charge on any atom is 0.201 e. The molecule has 1 N–H and O–H groups in total. The van der Waals surface area contributed by atoms with E-state index < -0.39 is 11.6 Å². The van der Waals surface area contributed by atoms with Crippen molar-refractivity contribution in [1.82, 2.24) is 4.98 Å². The molecule has 0 saturated carbocycles. The van der Waals surface area contributed by atoms with Crippen molar-refractivity contribution in [3.8, 4) is 28.1 Å². The summed E-state index contributed by atoms with van der Waals surface area (Å²) in [4.78, 5) is 4.43. The first-order chi connectivity index (χ1) is 15.5. The molecule has 0 fully saturated rings. The number of benzene rings is 2. The van der Waals surface area contributed by atoms with Crippen molar-refractivity contribution in [3.05, 3.63) is 90.7 Å². The summed E-state index contributed by atoms with van der Waals surface area (Å²) in [5.41, 5.74) is 3.37. The van der Waals surface area contributed by atoms with E-state index in [0.717, 1.165) is 36.1 Å². The van der Waals surface area contributed by atoms with Gasteiger partial charge in [-0.25, -0.2) is 4.39 Å². The van der Waals surface area contributed by atoms with E-state index in [9.17, 15) is 13.9 Å². The van der Waals surface area contributed by atoms with Crippen molar-refractivity contribution in [2.24, 2.45) is 0 Å². The van der Waals surface area contributed by atoms with Crippen molar-refractivity contribution in [3.63, 3.8) is 0 Å². The number of hydrogen-bond donors (Lipinski definition) is 1. The van der Waals surface area contributed by atoms with Gasteiger partial charge in [-0.3, -0.25) is 4.98 Å². The monoisotopic (exact) mass is 435 g/mol. The highest BCUT2D eigenvalue weighted by molar-refractivity contribution is 5.68. The molecule has 0 aliphatic carbocycles. The van der Waals surface area contributed by atoms with Gasteiger partial charge in [0.2, 0.25) is 5.82 Å². The third kappa shape index (κ3) is 6.11. The van der Waals surface area contributed by atoms with Crippen LogP contribution in [0.2, 0.25) is 0 Å². The average molecular weight is 436 g/mol. The van der Waals surface area contributed by atoms with E-state index in [-0.39, 0.29) is 24.0 Å². The summed E-state index contributed by atoms with van der Waals surface area (Å²) in [7, 11) is 0. The highest BCUT2D eigenvalue weighted by Crippen LogP contribution is 2.30. The van der Waals surface area contributed by atoms with Gasteiger partial charge in [-0.2, -0.15) is 4.39 Å². The van der Waals surface area contributed by atoms with E-state index in [1.807, 2.05) is 24.3 Å². The van der Waals surface area contributed by atoms with Gasteiger partial charge in [-0.05, 0) is 49.9 Å². The minimum atomic E-state index is -1.03. The zero-order valence-electron chi connectivity index (χ0n) is 18.1. The highest BCUT2D eigenvalue weighted by atomic mass is 19.2. The van der Waals surface area contributed by atoms with Gasteiger partial charge in [-0.15, -0.1) is 0 Å². The molecule has 0 bridgehead atoms. The Balaban J connectivity index is 1.69. The Morgan fingerprint density at radius 1 is 1.03 bits per heavy atom. The zero-order valence-corrected chi connectivity index (χ0v) is 18.1. The van der Waals surface area contributed by atoms with Gasteiger partial charge in [0.05, 0.1) is 11.8 Å². The van der Waals surface area contributed by atoms with Crippen molar-refractivity contribution in [2.45, 2.75) is 32.3 Å². The van der Waals surface area contributed by atoms with E-state index in [2.05, 4.69) is 23.7 Å². The summed E-state index contributed by atoms with van der Waals surface area (Å²) in [6, 6.07) is 14.4. The highest BCUT2D eigenvalue weighted by Gasteiger charge is 2.16. The Hall–Kier alpha value is -3.31. The van der Waals surface area contributed by atoms with Gasteiger partial charge < -0.3 is 9.84 Å². The molecule has 1 unspecified atom stereocenters. The predicted molar refractivity (Wildman–Crippen MR) is 125 cm³/mol. The van der Waals surface area contributed by atoms with E-state index in [0.29, 0.717) is 5.56 Å². The number of pyridine rings is 1. The fourth-order valence-corrected chi connectivity index (χ4v) is 3.25. The Labute approximate surface area is 187 Å². The molecule has 1 atom stereocenters. The lowest BCUT2D eigenvalue weighted by Crippen LogP contribution is -1.99. The molecule has 0 radical (unpaired) electrons. The summed E-state index contributed by atoms with van der Waals surface area (Å²) in [6.45, 7) is 5.40. The molecule has 0 aliphatic heterocycles.